The van der Waals surface area contributed by atoms with E-state index in [1.165, 1.54) is 19.1 Å². The van der Waals surface area contributed by atoms with Crippen LogP contribution in [0.5, 0.6) is 11.5 Å². The standard InChI is InChI=1S/C28H37N5O8.2C24H25N5O2/c1-4-14-40-27(38)29-13-9-8-12-22(26(36)37)32-25(35)23(16-19-17-30-21-11-7-6-10-20(19)21)33-24(34)18(3)31-28(39)41-15-5-2;2*1-24(2,16-10-12-17(13-11-16)28-29-25)26-14-18(30)15-31-22-9-5-8-21-23(22)19-6-3-4-7-20(19)27-21/h4-7,10-11,17-18,22-23,30H,1-2,8-9,12-16H2,3H3,(H,29,38)(H,31,39)(H,32,35)(H,33,34)(H,36,37);2*3-13,18,26-27,30H,14-15H2,1-2H3/t18-,22+,23+;;/m1../s1. The van der Waals surface area contributed by atoms with E-state index in [9.17, 15) is 39.3 Å². The molecule has 0 aliphatic rings. The van der Waals surface area contributed by atoms with Gasteiger partial charge in [0.05, 0.1) is 11.0 Å². The van der Waals surface area contributed by atoms with Crippen LogP contribution >= 0.6 is 0 Å². The van der Waals surface area contributed by atoms with Crippen molar-refractivity contribution >= 4 is 95.9 Å². The second-order valence-corrected chi connectivity index (χ2v) is 25.2. The maximum absolute atomic E-state index is 13.3. The molecule has 538 valence electrons. The van der Waals surface area contributed by atoms with Crippen molar-refractivity contribution in [3.63, 3.8) is 0 Å². The summed E-state index contributed by atoms with van der Waals surface area (Å²) in [5.41, 5.74) is 25.2. The zero-order valence-corrected chi connectivity index (χ0v) is 58.0. The zero-order chi connectivity index (χ0) is 73.9. The van der Waals surface area contributed by atoms with Gasteiger partial charge in [0.1, 0.15) is 68.3 Å². The van der Waals surface area contributed by atoms with Gasteiger partial charge in [0.2, 0.25) is 11.8 Å². The number of ether oxygens (including phenoxy) is 4. The molecule has 0 spiro atoms. The van der Waals surface area contributed by atoms with Crippen LogP contribution in [0.4, 0.5) is 21.0 Å². The van der Waals surface area contributed by atoms with Gasteiger partial charge in [-0.05, 0) is 124 Å². The van der Waals surface area contributed by atoms with E-state index in [0.717, 1.165) is 82.7 Å². The largest absolute Gasteiger partial charge is 0.490 e. The Balaban J connectivity index is 0.000000198. The highest BCUT2D eigenvalue weighted by molar-refractivity contribution is 6.11. The van der Waals surface area contributed by atoms with Crippen molar-refractivity contribution in [2.75, 3.05) is 46.1 Å². The molecule has 0 aliphatic heterocycles. The van der Waals surface area contributed by atoms with E-state index >= 15 is 0 Å². The Hall–Kier alpha value is -11.8. The molecule has 0 bridgehead atoms. The first-order valence-corrected chi connectivity index (χ1v) is 33.5. The van der Waals surface area contributed by atoms with E-state index in [0.29, 0.717) is 37.3 Å². The minimum absolute atomic E-state index is 0.0438. The van der Waals surface area contributed by atoms with Gasteiger partial charge in [0, 0.05) is 108 Å². The minimum atomic E-state index is -1.24. The number of H-pyrrole nitrogens is 3. The van der Waals surface area contributed by atoms with Crippen molar-refractivity contribution in [2.24, 2.45) is 10.2 Å². The normalized spacial score (nSPS) is 12.7. The van der Waals surface area contributed by atoms with E-state index in [4.69, 9.17) is 30.0 Å². The highest BCUT2D eigenvalue weighted by atomic mass is 16.6. The average Bonchev–Trinajstić information content (AvgIpc) is 1.63. The van der Waals surface area contributed by atoms with Crippen molar-refractivity contribution < 1.29 is 58.2 Å². The number of amides is 4. The molecule has 7 aromatic carbocycles. The molecule has 27 nitrogen and oxygen atoms in total. The van der Waals surface area contributed by atoms with Crippen molar-refractivity contribution in [1.29, 1.82) is 0 Å². The molecule has 0 aliphatic carbocycles. The molecule has 12 N–H and O–H groups in total. The lowest BCUT2D eigenvalue weighted by molar-refractivity contribution is -0.142. The summed E-state index contributed by atoms with van der Waals surface area (Å²) in [4.78, 5) is 76.9. The summed E-state index contributed by atoms with van der Waals surface area (Å²) in [5.74, 6) is -1.11. The van der Waals surface area contributed by atoms with Gasteiger partial charge in [-0.3, -0.25) is 9.59 Å². The summed E-state index contributed by atoms with van der Waals surface area (Å²) in [6.45, 7) is 17.9. The van der Waals surface area contributed by atoms with Crippen LogP contribution in [0.3, 0.4) is 0 Å². The highest BCUT2D eigenvalue weighted by Crippen LogP contribution is 2.35. The number of carbonyl (C=O) groups is 5. The SMILES string of the molecule is C=CCOC(=O)NCCCC[C@H](NC(=O)[C@H](Cc1c[nH]c2ccccc12)NC(=O)[C@@H](C)NC(=O)OCC=C)C(=O)O.CC(C)(NCC(O)COc1cccc2[nH]c3ccccc3c12)c1ccc(N=[N+]=[N-])cc1.CC(C)(NCC(O)COc1cccc2[nH]c3ccccc3c12)c1ccc(N=[N+]=[N-])cc1. The molecule has 0 radical (unpaired) electrons. The van der Waals surface area contributed by atoms with Crippen LogP contribution in [0.15, 0.2) is 199 Å². The Morgan fingerprint density at radius 3 is 1.50 bits per heavy atom. The summed E-state index contributed by atoms with van der Waals surface area (Å²) in [7, 11) is 0. The minimum Gasteiger partial charge on any atom is -0.490 e. The zero-order valence-electron chi connectivity index (χ0n) is 58.0. The number of benzene rings is 7. The summed E-state index contributed by atoms with van der Waals surface area (Å²) in [5, 5.41) is 59.8. The fraction of sp³-hybridized carbons (Fsp3) is 0.303. The number of rotatable bonds is 33. The Morgan fingerprint density at radius 1 is 0.563 bits per heavy atom. The van der Waals surface area contributed by atoms with Crippen molar-refractivity contribution in [1.82, 2.24) is 46.9 Å². The molecular formula is C76H87N15O12. The summed E-state index contributed by atoms with van der Waals surface area (Å²) in [6, 6.07) is 46.8. The smallest absolute Gasteiger partial charge is 0.408 e. The number of fused-ring (bicyclic) bond motifs is 7. The van der Waals surface area contributed by atoms with E-state index in [1.807, 2.05) is 149 Å². The predicted molar refractivity (Wildman–Crippen MR) is 398 cm³/mol. The molecule has 2 unspecified atom stereocenters. The summed E-state index contributed by atoms with van der Waals surface area (Å²) in [6.07, 6.45) is 2.70. The number of carboxylic acid groups (broad SMARTS) is 1. The number of aromatic amines is 3. The molecule has 5 atom stereocenters. The third-order valence-corrected chi connectivity index (χ3v) is 16.8. The van der Waals surface area contributed by atoms with Crippen molar-refractivity contribution in [3.8, 4) is 11.5 Å². The van der Waals surface area contributed by atoms with E-state index < -0.39 is 60.3 Å². The number of aliphatic carboxylic acids is 1. The number of hydrogen-bond acceptors (Lipinski definition) is 15. The predicted octanol–water partition coefficient (Wildman–Crippen LogP) is 13.2. The molecule has 103 heavy (non-hydrogen) atoms. The van der Waals surface area contributed by atoms with Gasteiger partial charge >= 0.3 is 18.2 Å². The lowest BCUT2D eigenvalue weighted by Crippen LogP contribution is -2.55. The number of nitrogens with one attached hydrogen (secondary N) is 9. The van der Waals surface area contributed by atoms with Gasteiger partial charge in [-0.15, -0.1) is 0 Å². The van der Waals surface area contributed by atoms with Gasteiger partial charge in [0.15, 0.2) is 0 Å². The van der Waals surface area contributed by atoms with Crippen LogP contribution < -0.4 is 41.4 Å². The van der Waals surface area contributed by atoms with E-state index in [1.54, 1.807) is 30.5 Å². The summed E-state index contributed by atoms with van der Waals surface area (Å²) < 4.78 is 21.6. The third kappa shape index (κ3) is 22.1. The van der Waals surface area contributed by atoms with Crippen LogP contribution in [-0.2, 0) is 41.4 Å². The number of aliphatic hydroxyl groups excluding tert-OH is 2. The van der Waals surface area contributed by atoms with E-state index in [-0.39, 0.29) is 56.9 Å². The monoisotopic (exact) mass is 1400 g/mol. The Morgan fingerprint density at radius 2 is 1.02 bits per heavy atom. The topological polar surface area (TPSA) is 400 Å². The number of carbonyl (C=O) groups excluding carboxylic acids is 4. The number of alkyl carbamates (subject to hydrolysis) is 2. The number of azide groups is 2. The summed E-state index contributed by atoms with van der Waals surface area (Å²) >= 11 is 0. The van der Waals surface area contributed by atoms with Crippen molar-refractivity contribution in [3.05, 3.63) is 227 Å². The van der Waals surface area contributed by atoms with Gasteiger partial charge in [-0.1, -0.05) is 151 Å². The molecular weight excluding hydrogens is 1310 g/mol. The number of unbranched alkanes of at least 4 members (excludes halogenated alkanes) is 1. The third-order valence-electron chi connectivity index (χ3n) is 16.8. The molecule has 4 amide bonds. The molecule has 0 saturated heterocycles. The second kappa shape index (κ2) is 37.6. The molecule has 10 aromatic rings. The van der Waals surface area contributed by atoms with Gasteiger partial charge in [0.25, 0.3) is 0 Å². The van der Waals surface area contributed by atoms with Crippen molar-refractivity contribution in [2.45, 2.75) is 102 Å². The number of nitrogens with zero attached hydrogens (tertiary/aromatic N) is 6. The molecule has 3 heterocycles. The van der Waals surface area contributed by atoms with Gasteiger partial charge in [-0.2, -0.15) is 0 Å². The fourth-order valence-corrected chi connectivity index (χ4v) is 11.2. The molecule has 3 aromatic heterocycles. The van der Waals surface area contributed by atoms with Crippen LogP contribution in [-0.4, -0.2) is 137 Å². The first-order chi connectivity index (χ1) is 49.6. The maximum atomic E-state index is 13.3. The fourth-order valence-electron chi connectivity index (χ4n) is 11.2. The quantitative estimate of drug-likeness (QED) is 0.00598. The highest BCUT2D eigenvalue weighted by Gasteiger charge is 2.30. The number of aromatic nitrogens is 3. The molecule has 0 fully saturated rings. The van der Waals surface area contributed by atoms with Crippen LogP contribution in [0.1, 0.15) is 70.6 Å². The van der Waals surface area contributed by atoms with Crippen LogP contribution in [0, 0.1) is 0 Å². The van der Waals surface area contributed by atoms with Gasteiger partial charge in [-0.25, -0.2) is 14.4 Å². The Labute approximate surface area is 594 Å². The lowest BCUT2D eigenvalue weighted by Gasteiger charge is -2.28. The maximum Gasteiger partial charge on any atom is 0.408 e. The molecule has 27 heteroatoms. The average molecular weight is 1400 g/mol. The number of carboxylic acids is 1. The van der Waals surface area contributed by atoms with E-state index in [2.05, 4.69) is 92.2 Å². The van der Waals surface area contributed by atoms with Crippen LogP contribution in [0.25, 0.3) is 75.4 Å². The first-order valence-electron chi connectivity index (χ1n) is 33.5. The number of aliphatic hydroxyl groups is 2. The lowest BCUT2D eigenvalue weighted by atomic mass is 9.94. The van der Waals surface area contributed by atoms with Gasteiger partial charge < -0.3 is 81.1 Å². The molecule has 10 rings (SSSR count). The number of para-hydroxylation sites is 3. The Bertz CT molecular complexity index is 4440. The van der Waals surface area contributed by atoms with Crippen LogP contribution in [0.2, 0.25) is 0 Å². The first kappa shape index (κ1) is 76.9. The Kier molecular flexibility index (Phi) is 28.0. The number of hydrogen-bond donors (Lipinski definition) is 12. The molecule has 0 saturated carbocycles. The second-order valence-electron chi connectivity index (χ2n) is 25.2.